The number of rotatable bonds is 8. The standard InChI is InChI=1S/C17H34N2O/c1-4-5-6-12-19(14(2)3)17(20)16-9-7-8-15(13-16)10-11-18/h14-16H,4-13,18H2,1-3H3. The van der Waals surface area contributed by atoms with Gasteiger partial charge in [0.2, 0.25) is 5.91 Å². The summed E-state index contributed by atoms with van der Waals surface area (Å²) in [4.78, 5) is 14.9. The summed E-state index contributed by atoms with van der Waals surface area (Å²) in [5.74, 6) is 1.33. The second kappa shape index (κ2) is 9.38. The van der Waals surface area contributed by atoms with E-state index in [9.17, 15) is 4.79 Å². The summed E-state index contributed by atoms with van der Waals surface area (Å²) < 4.78 is 0. The zero-order valence-corrected chi connectivity index (χ0v) is 13.7. The first-order chi connectivity index (χ1) is 9.60. The van der Waals surface area contributed by atoms with Gasteiger partial charge in [-0.15, -0.1) is 0 Å². The molecule has 0 aromatic heterocycles. The van der Waals surface area contributed by atoms with E-state index in [1.165, 1.54) is 25.7 Å². The van der Waals surface area contributed by atoms with E-state index >= 15 is 0 Å². The van der Waals surface area contributed by atoms with Crippen molar-refractivity contribution in [3.05, 3.63) is 0 Å². The van der Waals surface area contributed by atoms with E-state index in [4.69, 9.17) is 5.73 Å². The van der Waals surface area contributed by atoms with E-state index in [0.717, 1.165) is 38.8 Å². The van der Waals surface area contributed by atoms with Gasteiger partial charge < -0.3 is 10.6 Å². The van der Waals surface area contributed by atoms with Gasteiger partial charge in [-0.3, -0.25) is 4.79 Å². The quantitative estimate of drug-likeness (QED) is 0.692. The fraction of sp³-hybridized carbons (Fsp3) is 0.941. The van der Waals surface area contributed by atoms with Gasteiger partial charge in [0.1, 0.15) is 0 Å². The number of carbonyl (C=O) groups excluding carboxylic acids is 1. The van der Waals surface area contributed by atoms with Crippen LogP contribution < -0.4 is 5.73 Å². The lowest BCUT2D eigenvalue weighted by Crippen LogP contribution is -2.43. The number of unbranched alkanes of at least 4 members (excludes halogenated alkanes) is 2. The molecule has 1 saturated carbocycles. The molecule has 2 unspecified atom stereocenters. The molecule has 1 aliphatic carbocycles. The van der Waals surface area contributed by atoms with Gasteiger partial charge in [0, 0.05) is 18.5 Å². The molecular formula is C17H34N2O. The van der Waals surface area contributed by atoms with Crippen molar-refractivity contribution in [1.29, 1.82) is 0 Å². The van der Waals surface area contributed by atoms with Crippen LogP contribution in [-0.4, -0.2) is 29.9 Å². The summed E-state index contributed by atoms with van der Waals surface area (Å²) in [6.45, 7) is 8.19. The molecule has 0 heterocycles. The minimum atomic E-state index is 0.254. The third kappa shape index (κ3) is 5.43. The molecule has 3 nitrogen and oxygen atoms in total. The Morgan fingerprint density at radius 2 is 2.05 bits per heavy atom. The van der Waals surface area contributed by atoms with Gasteiger partial charge in [0.15, 0.2) is 0 Å². The predicted molar refractivity (Wildman–Crippen MR) is 85.5 cm³/mol. The highest BCUT2D eigenvalue weighted by atomic mass is 16.2. The van der Waals surface area contributed by atoms with Crippen LogP contribution >= 0.6 is 0 Å². The Labute approximate surface area is 125 Å². The Bertz CT molecular complexity index is 276. The molecule has 2 atom stereocenters. The third-order valence-electron chi connectivity index (χ3n) is 4.62. The van der Waals surface area contributed by atoms with Crippen molar-refractivity contribution in [3.8, 4) is 0 Å². The molecule has 0 radical (unpaired) electrons. The van der Waals surface area contributed by atoms with Gasteiger partial charge in [-0.1, -0.05) is 32.6 Å². The summed E-state index contributed by atoms with van der Waals surface area (Å²) in [6.07, 6.45) is 9.25. The number of hydrogen-bond donors (Lipinski definition) is 1. The highest BCUT2D eigenvalue weighted by Gasteiger charge is 2.30. The van der Waals surface area contributed by atoms with E-state index in [2.05, 4.69) is 25.7 Å². The fourth-order valence-electron chi connectivity index (χ4n) is 3.40. The average molecular weight is 282 g/mol. The van der Waals surface area contributed by atoms with Crippen molar-refractivity contribution in [3.63, 3.8) is 0 Å². The summed E-state index contributed by atoms with van der Waals surface area (Å²) in [6, 6.07) is 0.328. The second-order valence-corrected chi connectivity index (χ2v) is 6.64. The molecule has 0 aliphatic heterocycles. The van der Waals surface area contributed by atoms with Crippen molar-refractivity contribution in [2.75, 3.05) is 13.1 Å². The van der Waals surface area contributed by atoms with Crippen LogP contribution in [0.1, 0.15) is 72.1 Å². The zero-order valence-electron chi connectivity index (χ0n) is 13.7. The monoisotopic (exact) mass is 282 g/mol. The van der Waals surface area contributed by atoms with Crippen LogP contribution in [0.5, 0.6) is 0 Å². The highest BCUT2D eigenvalue weighted by Crippen LogP contribution is 2.32. The normalized spacial score (nSPS) is 23.1. The zero-order chi connectivity index (χ0) is 15.0. The maximum atomic E-state index is 12.8. The Morgan fingerprint density at radius 3 is 2.65 bits per heavy atom. The van der Waals surface area contributed by atoms with Crippen LogP contribution in [0.3, 0.4) is 0 Å². The Morgan fingerprint density at radius 1 is 1.30 bits per heavy atom. The summed E-state index contributed by atoms with van der Waals surface area (Å²) in [5.41, 5.74) is 5.67. The van der Waals surface area contributed by atoms with Crippen molar-refractivity contribution < 1.29 is 4.79 Å². The molecule has 118 valence electrons. The number of nitrogens with zero attached hydrogens (tertiary/aromatic N) is 1. The highest BCUT2D eigenvalue weighted by molar-refractivity contribution is 5.79. The van der Waals surface area contributed by atoms with E-state index in [0.29, 0.717) is 17.9 Å². The van der Waals surface area contributed by atoms with Gasteiger partial charge in [-0.05, 0) is 52.0 Å². The summed E-state index contributed by atoms with van der Waals surface area (Å²) in [7, 11) is 0. The molecule has 0 aromatic carbocycles. The Kier molecular flexibility index (Phi) is 8.20. The van der Waals surface area contributed by atoms with Crippen LogP contribution in [-0.2, 0) is 4.79 Å². The molecule has 20 heavy (non-hydrogen) atoms. The second-order valence-electron chi connectivity index (χ2n) is 6.64. The summed E-state index contributed by atoms with van der Waals surface area (Å²) in [5, 5.41) is 0. The van der Waals surface area contributed by atoms with Crippen LogP contribution in [0.25, 0.3) is 0 Å². The molecule has 0 bridgehead atoms. The van der Waals surface area contributed by atoms with E-state index < -0.39 is 0 Å². The minimum absolute atomic E-state index is 0.254. The molecule has 1 aliphatic rings. The molecule has 1 rings (SSSR count). The van der Waals surface area contributed by atoms with E-state index in [1.54, 1.807) is 0 Å². The number of carbonyl (C=O) groups is 1. The number of hydrogen-bond acceptors (Lipinski definition) is 2. The molecule has 0 saturated heterocycles. The van der Waals surface area contributed by atoms with Crippen molar-refractivity contribution >= 4 is 5.91 Å². The van der Waals surface area contributed by atoms with Gasteiger partial charge in [-0.25, -0.2) is 0 Å². The van der Waals surface area contributed by atoms with Gasteiger partial charge in [-0.2, -0.15) is 0 Å². The Balaban J connectivity index is 2.54. The lowest BCUT2D eigenvalue weighted by atomic mass is 9.79. The first kappa shape index (κ1) is 17.5. The minimum Gasteiger partial charge on any atom is -0.340 e. The lowest BCUT2D eigenvalue weighted by Gasteiger charge is -2.34. The molecule has 1 amide bonds. The third-order valence-corrected chi connectivity index (χ3v) is 4.62. The molecule has 2 N–H and O–H groups in total. The maximum absolute atomic E-state index is 12.8. The average Bonchev–Trinajstić information content (AvgIpc) is 2.43. The van der Waals surface area contributed by atoms with E-state index in [1.807, 2.05) is 0 Å². The van der Waals surface area contributed by atoms with Crippen molar-refractivity contribution in [2.24, 2.45) is 17.6 Å². The summed E-state index contributed by atoms with van der Waals surface area (Å²) >= 11 is 0. The van der Waals surface area contributed by atoms with Crippen molar-refractivity contribution in [2.45, 2.75) is 78.2 Å². The molecule has 3 heteroatoms. The van der Waals surface area contributed by atoms with E-state index in [-0.39, 0.29) is 5.92 Å². The van der Waals surface area contributed by atoms with Crippen molar-refractivity contribution in [1.82, 2.24) is 4.90 Å². The van der Waals surface area contributed by atoms with Crippen LogP contribution in [0.4, 0.5) is 0 Å². The first-order valence-corrected chi connectivity index (χ1v) is 8.60. The van der Waals surface area contributed by atoms with Gasteiger partial charge in [0.25, 0.3) is 0 Å². The smallest absolute Gasteiger partial charge is 0.225 e. The van der Waals surface area contributed by atoms with Crippen LogP contribution in [0, 0.1) is 11.8 Å². The predicted octanol–water partition coefficient (Wildman–Crippen LogP) is 3.57. The molecule has 1 fully saturated rings. The van der Waals surface area contributed by atoms with Crippen LogP contribution in [0.15, 0.2) is 0 Å². The molecule has 0 aromatic rings. The number of nitrogens with two attached hydrogens (primary N) is 1. The first-order valence-electron chi connectivity index (χ1n) is 8.60. The largest absolute Gasteiger partial charge is 0.340 e. The van der Waals surface area contributed by atoms with Gasteiger partial charge in [0.05, 0.1) is 0 Å². The van der Waals surface area contributed by atoms with Gasteiger partial charge >= 0.3 is 0 Å². The number of amides is 1. The maximum Gasteiger partial charge on any atom is 0.225 e. The topological polar surface area (TPSA) is 46.3 Å². The Hall–Kier alpha value is -0.570. The molecular weight excluding hydrogens is 248 g/mol. The fourth-order valence-corrected chi connectivity index (χ4v) is 3.40. The lowest BCUT2D eigenvalue weighted by molar-refractivity contribution is -0.139. The molecule has 0 spiro atoms. The SMILES string of the molecule is CCCCCN(C(=O)C1CCCC(CCN)C1)C(C)C. The van der Waals surface area contributed by atoms with Crippen LogP contribution in [0.2, 0.25) is 0 Å².